The summed E-state index contributed by atoms with van der Waals surface area (Å²) in [7, 11) is 0. The zero-order chi connectivity index (χ0) is 14.0. The highest BCUT2D eigenvalue weighted by Crippen LogP contribution is 2.35. The number of hydrogen-bond acceptors (Lipinski definition) is 1. The monoisotopic (exact) mass is 275 g/mol. The van der Waals surface area contributed by atoms with Crippen LogP contribution in [0.2, 0.25) is 0 Å². The van der Waals surface area contributed by atoms with Gasteiger partial charge in [-0.2, -0.15) is 0 Å². The van der Waals surface area contributed by atoms with Crippen LogP contribution in [0.5, 0.6) is 0 Å². The molecule has 2 aromatic carbocycles. The molecular weight excluding hydrogens is 258 g/mol. The van der Waals surface area contributed by atoms with Gasteiger partial charge >= 0.3 is 0 Å². The first-order valence-electron chi connectivity index (χ1n) is 6.31. The first-order chi connectivity index (χ1) is 8.93. The molecule has 0 bridgehead atoms. The molecule has 0 saturated carbocycles. The predicted octanol–water partition coefficient (Wildman–Crippen LogP) is 4.31. The van der Waals surface area contributed by atoms with E-state index >= 15 is 0 Å². The summed E-state index contributed by atoms with van der Waals surface area (Å²) >= 11 is 5.61. The highest BCUT2D eigenvalue weighted by Gasteiger charge is 2.20. The molecule has 0 saturated heterocycles. The average Bonchev–Trinajstić information content (AvgIpc) is 2.37. The standard InChI is InChI=1S/C16H18ClNO/c1-16(2,3)13-9-8-11-6-4-5-7-12(11)15(13)18-14(19)10-17/h4-9H,10H2,1-3H3,(H,18,19). The van der Waals surface area contributed by atoms with Gasteiger partial charge in [0.15, 0.2) is 0 Å². The zero-order valence-corrected chi connectivity index (χ0v) is 12.2. The summed E-state index contributed by atoms with van der Waals surface area (Å²) < 4.78 is 0. The van der Waals surface area contributed by atoms with E-state index < -0.39 is 0 Å². The smallest absolute Gasteiger partial charge is 0.239 e. The molecule has 0 heterocycles. The Balaban J connectivity index is 2.68. The minimum Gasteiger partial charge on any atom is -0.324 e. The molecule has 0 fully saturated rings. The summed E-state index contributed by atoms with van der Waals surface area (Å²) in [5.74, 6) is -0.212. The fourth-order valence-electron chi connectivity index (χ4n) is 2.20. The number of fused-ring (bicyclic) bond motifs is 1. The molecule has 3 heteroatoms. The van der Waals surface area contributed by atoms with Gasteiger partial charge in [-0.25, -0.2) is 0 Å². The number of nitrogens with one attached hydrogen (secondary N) is 1. The van der Waals surface area contributed by atoms with Gasteiger partial charge in [0.1, 0.15) is 5.88 Å². The van der Waals surface area contributed by atoms with E-state index in [2.05, 4.69) is 38.2 Å². The normalized spacial score (nSPS) is 11.6. The third kappa shape index (κ3) is 2.90. The number of carbonyl (C=O) groups is 1. The van der Waals surface area contributed by atoms with E-state index in [1.807, 2.05) is 24.3 Å². The van der Waals surface area contributed by atoms with Crippen LogP contribution < -0.4 is 5.32 Å². The molecule has 0 radical (unpaired) electrons. The molecule has 2 aromatic rings. The Morgan fingerprint density at radius 2 is 1.84 bits per heavy atom. The second-order valence-corrected chi connectivity index (χ2v) is 5.91. The minimum atomic E-state index is -0.177. The summed E-state index contributed by atoms with van der Waals surface area (Å²) in [6, 6.07) is 12.2. The molecule has 1 N–H and O–H groups in total. The SMILES string of the molecule is CC(C)(C)c1ccc2ccccc2c1NC(=O)CCl. The van der Waals surface area contributed by atoms with E-state index in [9.17, 15) is 4.79 Å². The number of benzene rings is 2. The van der Waals surface area contributed by atoms with Crippen molar-refractivity contribution in [2.75, 3.05) is 11.2 Å². The van der Waals surface area contributed by atoms with Gasteiger partial charge in [-0.1, -0.05) is 57.2 Å². The Morgan fingerprint density at radius 1 is 1.16 bits per heavy atom. The van der Waals surface area contributed by atoms with Crippen LogP contribution in [0.15, 0.2) is 36.4 Å². The lowest BCUT2D eigenvalue weighted by Gasteiger charge is -2.24. The molecule has 0 atom stereocenters. The fourth-order valence-corrected chi connectivity index (χ4v) is 2.27. The maximum atomic E-state index is 11.7. The van der Waals surface area contributed by atoms with Crippen molar-refractivity contribution >= 4 is 34.0 Å². The molecule has 0 aromatic heterocycles. The van der Waals surface area contributed by atoms with Crippen LogP contribution in [-0.4, -0.2) is 11.8 Å². The number of hydrogen-bond donors (Lipinski definition) is 1. The Morgan fingerprint density at radius 3 is 2.47 bits per heavy atom. The number of amides is 1. The lowest BCUT2D eigenvalue weighted by molar-refractivity contribution is -0.113. The molecular formula is C16H18ClNO. The van der Waals surface area contributed by atoms with Crippen LogP contribution >= 0.6 is 11.6 Å². The minimum absolute atomic E-state index is 0.0349. The van der Waals surface area contributed by atoms with Gasteiger partial charge in [0.2, 0.25) is 5.91 Å². The van der Waals surface area contributed by atoms with Crippen molar-refractivity contribution in [2.45, 2.75) is 26.2 Å². The van der Waals surface area contributed by atoms with Crippen LogP contribution in [0.1, 0.15) is 26.3 Å². The number of carbonyl (C=O) groups excluding carboxylic acids is 1. The van der Waals surface area contributed by atoms with Gasteiger partial charge in [-0.15, -0.1) is 11.6 Å². The summed E-state index contributed by atoms with van der Waals surface area (Å²) in [5.41, 5.74) is 1.94. The molecule has 0 aliphatic heterocycles. The van der Waals surface area contributed by atoms with Crippen LogP contribution in [0, 0.1) is 0 Å². The van der Waals surface area contributed by atoms with Crippen molar-refractivity contribution in [1.29, 1.82) is 0 Å². The second-order valence-electron chi connectivity index (χ2n) is 5.64. The Labute approximate surface area is 118 Å². The van der Waals surface area contributed by atoms with E-state index in [1.54, 1.807) is 0 Å². The van der Waals surface area contributed by atoms with Crippen molar-refractivity contribution in [3.63, 3.8) is 0 Å². The summed E-state index contributed by atoms with van der Waals surface area (Å²) in [4.78, 5) is 11.7. The number of anilines is 1. The Kier molecular flexibility index (Phi) is 3.81. The summed E-state index contributed by atoms with van der Waals surface area (Å²) in [5, 5.41) is 5.10. The highest BCUT2D eigenvalue weighted by atomic mass is 35.5. The van der Waals surface area contributed by atoms with Crippen LogP contribution in [0.3, 0.4) is 0 Å². The fraction of sp³-hybridized carbons (Fsp3) is 0.312. The molecule has 100 valence electrons. The van der Waals surface area contributed by atoms with Crippen molar-refractivity contribution < 1.29 is 4.79 Å². The van der Waals surface area contributed by atoms with Crippen molar-refractivity contribution in [1.82, 2.24) is 0 Å². The maximum Gasteiger partial charge on any atom is 0.239 e. The zero-order valence-electron chi connectivity index (χ0n) is 11.5. The van der Waals surface area contributed by atoms with E-state index in [4.69, 9.17) is 11.6 Å². The van der Waals surface area contributed by atoms with E-state index in [0.717, 1.165) is 22.0 Å². The Hall–Kier alpha value is -1.54. The van der Waals surface area contributed by atoms with Gasteiger partial charge in [-0.3, -0.25) is 4.79 Å². The summed E-state index contributed by atoms with van der Waals surface area (Å²) in [6.45, 7) is 6.40. The van der Waals surface area contributed by atoms with Crippen molar-refractivity contribution in [3.05, 3.63) is 42.0 Å². The number of halogens is 1. The average molecular weight is 276 g/mol. The lowest BCUT2D eigenvalue weighted by Crippen LogP contribution is -2.19. The quantitative estimate of drug-likeness (QED) is 0.813. The van der Waals surface area contributed by atoms with Gasteiger partial charge in [0, 0.05) is 5.39 Å². The molecule has 0 unspecified atom stereocenters. The highest BCUT2D eigenvalue weighted by molar-refractivity contribution is 6.29. The van der Waals surface area contributed by atoms with Crippen LogP contribution in [-0.2, 0) is 10.2 Å². The Bertz CT molecular complexity index is 614. The first-order valence-corrected chi connectivity index (χ1v) is 6.85. The molecule has 2 nitrogen and oxygen atoms in total. The third-order valence-corrected chi connectivity index (χ3v) is 3.37. The predicted molar refractivity (Wildman–Crippen MR) is 82.0 cm³/mol. The van der Waals surface area contributed by atoms with Crippen LogP contribution in [0.4, 0.5) is 5.69 Å². The van der Waals surface area contributed by atoms with Crippen LogP contribution in [0.25, 0.3) is 10.8 Å². The first kappa shape index (κ1) is 13.9. The van der Waals surface area contributed by atoms with E-state index in [1.165, 1.54) is 0 Å². The van der Waals surface area contributed by atoms with Gasteiger partial charge < -0.3 is 5.32 Å². The summed E-state index contributed by atoms with van der Waals surface area (Å²) in [6.07, 6.45) is 0. The van der Waals surface area contributed by atoms with Crippen molar-refractivity contribution in [3.8, 4) is 0 Å². The molecule has 1 amide bonds. The van der Waals surface area contributed by atoms with Gasteiger partial charge in [0.05, 0.1) is 5.69 Å². The lowest BCUT2D eigenvalue weighted by atomic mass is 9.84. The molecule has 19 heavy (non-hydrogen) atoms. The molecule has 0 aliphatic rings. The molecule has 0 spiro atoms. The third-order valence-electron chi connectivity index (χ3n) is 3.12. The van der Waals surface area contributed by atoms with Gasteiger partial charge in [0.25, 0.3) is 0 Å². The second kappa shape index (κ2) is 5.22. The molecule has 2 rings (SSSR count). The number of rotatable bonds is 2. The maximum absolute atomic E-state index is 11.7. The number of alkyl halides is 1. The topological polar surface area (TPSA) is 29.1 Å². The van der Waals surface area contributed by atoms with Gasteiger partial charge in [-0.05, 0) is 16.4 Å². The van der Waals surface area contributed by atoms with Crippen molar-refractivity contribution in [2.24, 2.45) is 0 Å². The van der Waals surface area contributed by atoms with E-state index in [-0.39, 0.29) is 17.2 Å². The molecule has 0 aliphatic carbocycles. The largest absolute Gasteiger partial charge is 0.324 e. The van der Waals surface area contributed by atoms with E-state index in [0.29, 0.717) is 0 Å².